The van der Waals surface area contributed by atoms with Crippen molar-refractivity contribution in [1.82, 2.24) is 14.8 Å². The molecule has 1 fully saturated rings. The van der Waals surface area contributed by atoms with Crippen LogP contribution in [0.25, 0.3) is 10.9 Å². The Bertz CT molecular complexity index is 1240. The maximum atomic E-state index is 13.1. The minimum absolute atomic E-state index is 0.0321. The van der Waals surface area contributed by atoms with Gasteiger partial charge in [0, 0.05) is 34.5 Å². The van der Waals surface area contributed by atoms with Crippen LogP contribution in [0.5, 0.6) is 11.5 Å². The number of amides is 2. The van der Waals surface area contributed by atoms with Gasteiger partial charge in [0.25, 0.3) is 0 Å². The van der Waals surface area contributed by atoms with Crippen LogP contribution < -0.4 is 9.47 Å². The van der Waals surface area contributed by atoms with E-state index in [9.17, 15) is 9.59 Å². The van der Waals surface area contributed by atoms with Gasteiger partial charge < -0.3 is 24.3 Å². The zero-order valence-electron chi connectivity index (χ0n) is 16.1. The smallest absolute Gasteiger partial charge is 0.245 e. The molecule has 0 unspecified atom stereocenters. The summed E-state index contributed by atoms with van der Waals surface area (Å²) in [4.78, 5) is 33.0. The fraction of sp³-hybridized carbons (Fsp3) is 0.273. The minimum atomic E-state index is -0.530. The molecule has 30 heavy (non-hydrogen) atoms. The van der Waals surface area contributed by atoms with E-state index in [0.29, 0.717) is 17.9 Å². The number of benzene rings is 2. The molecule has 0 saturated carbocycles. The van der Waals surface area contributed by atoms with Crippen LogP contribution in [-0.4, -0.2) is 53.0 Å². The summed E-state index contributed by atoms with van der Waals surface area (Å²) in [6.07, 6.45) is 0.488. The van der Waals surface area contributed by atoms with Crippen molar-refractivity contribution < 1.29 is 19.1 Å². The van der Waals surface area contributed by atoms with Crippen LogP contribution in [0.1, 0.15) is 22.9 Å². The van der Waals surface area contributed by atoms with Gasteiger partial charge in [-0.3, -0.25) is 9.59 Å². The van der Waals surface area contributed by atoms with E-state index in [1.165, 1.54) is 4.90 Å². The highest BCUT2D eigenvalue weighted by Crippen LogP contribution is 2.45. The van der Waals surface area contributed by atoms with E-state index in [1.54, 1.807) is 11.9 Å². The molecule has 3 aromatic rings. The Morgan fingerprint density at radius 3 is 2.80 bits per heavy atom. The molecular formula is C22H18BrN3O4. The van der Waals surface area contributed by atoms with Crippen molar-refractivity contribution in [3.63, 3.8) is 0 Å². The number of hydrogen-bond acceptors (Lipinski definition) is 4. The highest BCUT2D eigenvalue weighted by molar-refractivity contribution is 9.10. The van der Waals surface area contributed by atoms with Crippen LogP contribution in [0.2, 0.25) is 0 Å². The second-order valence-electron chi connectivity index (χ2n) is 7.94. The molecule has 1 N–H and O–H groups in total. The van der Waals surface area contributed by atoms with Crippen molar-refractivity contribution >= 4 is 38.6 Å². The number of carbonyl (C=O) groups is 2. The Morgan fingerprint density at radius 2 is 1.93 bits per heavy atom. The molecule has 0 spiro atoms. The molecular weight excluding hydrogens is 450 g/mol. The number of aromatic amines is 1. The quantitative estimate of drug-likeness (QED) is 0.596. The molecule has 0 aliphatic carbocycles. The van der Waals surface area contributed by atoms with Crippen molar-refractivity contribution in [3.8, 4) is 11.5 Å². The Kier molecular flexibility index (Phi) is 3.71. The van der Waals surface area contributed by atoms with Crippen LogP contribution in [0, 0.1) is 0 Å². The molecule has 152 valence electrons. The fourth-order valence-electron chi connectivity index (χ4n) is 4.86. The largest absolute Gasteiger partial charge is 0.454 e. The number of aromatic nitrogens is 1. The number of likely N-dealkylation sites (N-methyl/N-ethyl adjacent to an activating group) is 1. The Hall–Kier alpha value is -3.00. The van der Waals surface area contributed by atoms with Crippen molar-refractivity contribution in [3.05, 3.63) is 57.7 Å². The third kappa shape index (κ3) is 2.43. The average molecular weight is 468 g/mol. The van der Waals surface area contributed by atoms with Gasteiger partial charge in [-0.05, 0) is 41.5 Å². The second-order valence-corrected chi connectivity index (χ2v) is 8.85. The summed E-state index contributed by atoms with van der Waals surface area (Å²) in [5.41, 5.74) is 3.90. The molecule has 4 heterocycles. The van der Waals surface area contributed by atoms with Gasteiger partial charge in [-0.15, -0.1) is 0 Å². The zero-order chi connectivity index (χ0) is 20.6. The topological polar surface area (TPSA) is 74.9 Å². The number of nitrogens with zero attached hydrogens (tertiary/aromatic N) is 2. The van der Waals surface area contributed by atoms with Gasteiger partial charge in [-0.2, -0.15) is 0 Å². The zero-order valence-corrected chi connectivity index (χ0v) is 17.7. The summed E-state index contributed by atoms with van der Waals surface area (Å²) in [5.74, 6) is 1.25. The first-order chi connectivity index (χ1) is 14.5. The molecule has 7 nitrogen and oxygen atoms in total. The predicted octanol–water partition coefficient (Wildman–Crippen LogP) is 2.97. The van der Waals surface area contributed by atoms with E-state index in [4.69, 9.17) is 9.47 Å². The van der Waals surface area contributed by atoms with Gasteiger partial charge in [0.1, 0.15) is 6.04 Å². The van der Waals surface area contributed by atoms with Gasteiger partial charge in [0.2, 0.25) is 18.6 Å². The van der Waals surface area contributed by atoms with Crippen molar-refractivity contribution in [1.29, 1.82) is 0 Å². The fourth-order valence-corrected chi connectivity index (χ4v) is 5.22. The summed E-state index contributed by atoms with van der Waals surface area (Å²) < 4.78 is 12.0. The van der Waals surface area contributed by atoms with Gasteiger partial charge in [-0.25, -0.2) is 0 Å². The van der Waals surface area contributed by atoms with Crippen molar-refractivity contribution in [2.24, 2.45) is 0 Å². The number of fused-ring (bicyclic) bond motifs is 5. The van der Waals surface area contributed by atoms with Gasteiger partial charge in [-0.1, -0.05) is 22.0 Å². The maximum Gasteiger partial charge on any atom is 0.245 e. The van der Waals surface area contributed by atoms with E-state index >= 15 is 0 Å². The van der Waals surface area contributed by atoms with E-state index in [-0.39, 0.29) is 25.2 Å². The van der Waals surface area contributed by atoms with Gasteiger partial charge in [0.15, 0.2) is 11.5 Å². The number of ether oxygens (including phenoxy) is 2. The highest BCUT2D eigenvalue weighted by Gasteiger charge is 2.47. The van der Waals surface area contributed by atoms with Crippen LogP contribution in [-0.2, 0) is 16.0 Å². The normalized spacial score (nSPS) is 22.5. The van der Waals surface area contributed by atoms with Crippen LogP contribution in [0.4, 0.5) is 0 Å². The first kappa shape index (κ1) is 17.8. The molecule has 3 aliphatic heterocycles. The van der Waals surface area contributed by atoms with Gasteiger partial charge in [0.05, 0.1) is 12.6 Å². The van der Waals surface area contributed by atoms with E-state index < -0.39 is 12.1 Å². The molecule has 2 aromatic carbocycles. The van der Waals surface area contributed by atoms with E-state index in [1.807, 2.05) is 30.3 Å². The molecule has 0 radical (unpaired) electrons. The number of rotatable bonds is 1. The number of halogens is 1. The van der Waals surface area contributed by atoms with Crippen LogP contribution >= 0.6 is 15.9 Å². The number of carbonyl (C=O) groups excluding carboxylic acids is 2. The lowest BCUT2D eigenvalue weighted by atomic mass is 9.86. The lowest BCUT2D eigenvalue weighted by Gasteiger charge is -2.46. The SMILES string of the molecule is CN1CC(=O)N2[C@@H](c3ccc4c(c3)OCO4)c3[nH]c4ccc(Br)cc4c3C[C@@H]2C1=O. The Labute approximate surface area is 180 Å². The Morgan fingerprint density at radius 1 is 1.10 bits per heavy atom. The van der Waals surface area contributed by atoms with Crippen LogP contribution in [0.15, 0.2) is 40.9 Å². The minimum Gasteiger partial charge on any atom is -0.454 e. The molecule has 1 aromatic heterocycles. The van der Waals surface area contributed by atoms with E-state index in [0.717, 1.165) is 32.2 Å². The van der Waals surface area contributed by atoms with E-state index in [2.05, 4.69) is 27.0 Å². The molecule has 1 saturated heterocycles. The number of hydrogen-bond donors (Lipinski definition) is 1. The standard InChI is InChI=1S/C22H18BrN3O4/c1-25-9-19(27)26-16(22(25)28)8-14-13-7-12(23)3-4-15(13)24-20(14)21(26)11-2-5-17-18(6-11)30-10-29-17/h2-7,16,21,24H,8-10H2,1H3/t16-,21+/m1/s1. The average Bonchev–Trinajstić information content (AvgIpc) is 3.34. The first-order valence-corrected chi connectivity index (χ1v) is 10.6. The monoisotopic (exact) mass is 467 g/mol. The highest BCUT2D eigenvalue weighted by atomic mass is 79.9. The molecule has 6 rings (SSSR count). The third-order valence-corrected chi connectivity index (χ3v) is 6.71. The van der Waals surface area contributed by atoms with Crippen molar-refractivity contribution in [2.45, 2.75) is 18.5 Å². The number of nitrogens with one attached hydrogen (secondary N) is 1. The Balaban J connectivity index is 1.60. The number of H-pyrrole nitrogens is 1. The van der Waals surface area contributed by atoms with Crippen molar-refractivity contribution in [2.75, 3.05) is 20.4 Å². The lowest BCUT2D eigenvalue weighted by Crippen LogP contribution is -2.62. The lowest BCUT2D eigenvalue weighted by molar-refractivity contribution is -0.157. The second kappa shape index (κ2) is 6.25. The number of piperazine rings is 1. The molecule has 2 amide bonds. The molecule has 2 atom stereocenters. The maximum absolute atomic E-state index is 13.1. The predicted molar refractivity (Wildman–Crippen MR) is 112 cm³/mol. The molecule has 8 heteroatoms. The summed E-state index contributed by atoms with van der Waals surface area (Å²) in [5, 5.41) is 1.07. The summed E-state index contributed by atoms with van der Waals surface area (Å²) >= 11 is 3.55. The van der Waals surface area contributed by atoms with Gasteiger partial charge >= 0.3 is 0 Å². The summed E-state index contributed by atoms with van der Waals surface area (Å²) in [6.45, 7) is 0.265. The first-order valence-electron chi connectivity index (χ1n) is 9.77. The summed E-state index contributed by atoms with van der Waals surface area (Å²) in [6, 6.07) is 10.9. The van der Waals surface area contributed by atoms with Crippen LogP contribution in [0.3, 0.4) is 0 Å². The molecule has 3 aliphatic rings. The summed E-state index contributed by atoms with van der Waals surface area (Å²) in [7, 11) is 1.69. The molecule has 0 bridgehead atoms. The third-order valence-electron chi connectivity index (χ3n) is 6.22.